The van der Waals surface area contributed by atoms with Gasteiger partial charge in [-0.15, -0.1) is 11.3 Å². The van der Waals surface area contributed by atoms with Crippen molar-refractivity contribution in [3.05, 3.63) is 52.0 Å². The lowest BCUT2D eigenvalue weighted by Gasteiger charge is -2.22. The van der Waals surface area contributed by atoms with Gasteiger partial charge in [-0.1, -0.05) is 0 Å². The third-order valence-electron chi connectivity index (χ3n) is 4.26. The average Bonchev–Trinajstić information content (AvgIpc) is 3.29. The second-order valence-electron chi connectivity index (χ2n) is 6.17. The Balaban J connectivity index is 1.69. The molecule has 2 heterocycles. The smallest absolute Gasteiger partial charge is 0.324 e. The summed E-state index contributed by atoms with van der Waals surface area (Å²) in [6, 6.07) is 6.90. The van der Waals surface area contributed by atoms with Gasteiger partial charge in [0.2, 0.25) is 15.8 Å². The first kappa shape index (κ1) is 19.7. The van der Waals surface area contributed by atoms with Crippen LogP contribution in [0.3, 0.4) is 0 Å². The van der Waals surface area contributed by atoms with E-state index in [1.807, 2.05) is 6.92 Å². The molecule has 0 spiro atoms. The molecule has 3 rings (SSSR count). The van der Waals surface area contributed by atoms with Gasteiger partial charge in [-0.3, -0.25) is 9.59 Å². The Hall–Kier alpha value is -2.10. The van der Waals surface area contributed by atoms with Gasteiger partial charge in [-0.05, 0) is 56.2 Å². The molecule has 27 heavy (non-hydrogen) atoms. The Bertz CT molecular complexity index is 952. The molecule has 0 saturated carbocycles. The number of hydrogen-bond acceptors (Lipinski definition) is 6. The van der Waals surface area contributed by atoms with Crippen LogP contribution in [0.5, 0.6) is 0 Å². The normalized spacial score (nSPS) is 17.8. The molecule has 1 aliphatic heterocycles. The Morgan fingerprint density at radius 3 is 2.56 bits per heavy atom. The van der Waals surface area contributed by atoms with Gasteiger partial charge >= 0.3 is 5.97 Å². The van der Waals surface area contributed by atoms with E-state index in [2.05, 4.69) is 0 Å². The highest BCUT2D eigenvalue weighted by molar-refractivity contribution is 7.89. The molecule has 1 atom stereocenters. The summed E-state index contributed by atoms with van der Waals surface area (Å²) in [5.41, 5.74) is 0. The van der Waals surface area contributed by atoms with Crippen molar-refractivity contribution in [2.45, 2.75) is 30.7 Å². The molecule has 1 aliphatic rings. The summed E-state index contributed by atoms with van der Waals surface area (Å²) in [6.45, 7) is 1.60. The van der Waals surface area contributed by atoms with Gasteiger partial charge in [0.15, 0.2) is 6.61 Å². The zero-order valence-electron chi connectivity index (χ0n) is 14.6. The molecule has 0 amide bonds. The van der Waals surface area contributed by atoms with E-state index in [1.54, 1.807) is 12.1 Å². The second kappa shape index (κ2) is 7.87. The quantitative estimate of drug-likeness (QED) is 0.539. The minimum absolute atomic E-state index is 0.0891. The van der Waals surface area contributed by atoms with Crippen molar-refractivity contribution in [3.63, 3.8) is 0 Å². The highest BCUT2D eigenvalue weighted by atomic mass is 32.2. The molecule has 0 aliphatic carbocycles. The van der Waals surface area contributed by atoms with Crippen LogP contribution in [0.2, 0.25) is 0 Å². The van der Waals surface area contributed by atoms with Crippen molar-refractivity contribution in [1.82, 2.24) is 4.31 Å². The summed E-state index contributed by atoms with van der Waals surface area (Å²) in [7, 11) is -3.95. The monoisotopic (exact) mass is 411 g/mol. The van der Waals surface area contributed by atoms with Gasteiger partial charge in [0.1, 0.15) is 11.9 Å². The molecule has 2 aromatic rings. The number of Topliss-reactive ketones (excluding diaryl/α,β-unsaturated/α-hetero) is 1. The number of aryl methyl sites for hydroxylation is 1. The third-order valence-corrected chi connectivity index (χ3v) is 7.22. The number of rotatable bonds is 6. The van der Waals surface area contributed by atoms with Crippen molar-refractivity contribution in [2.24, 2.45) is 0 Å². The predicted octanol–water partition coefficient (Wildman–Crippen LogP) is 2.77. The standard InChI is InChI=1S/C18H18FNO5S2/c1-12-4-9-17(26-12)16(21)11-25-18(22)15-3-2-10-20(15)27(23,24)14-7-5-13(19)6-8-14/h4-9,15H,2-3,10-11H2,1H3/t15-/m0/s1. The molecular formula is C18H18FNO5S2. The number of halogens is 1. The van der Waals surface area contributed by atoms with Crippen LogP contribution in [0, 0.1) is 12.7 Å². The summed E-state index contributed by atoms with van der Waals surface area (Å²) >= 11 is 1.31. The minimum Gasteiger partial charge on any atom is -0.456 e. The van der Waals surface area contributed by atoms with E-state index in [1.165, 1.54) is 11.3 Å². The number of ketones is 1. The lowest BCUT2D eigenvalue weighted by atomic mass is 10.2. The zero-order valence-corrected chi connectivity index (χ0v) is 16.2. The Labute approximate surface area is 160 Å². The fourth-order valence-electron chi connectivity index (χ4n) is 2.89. The van der Waals surface area contributed by atoms with Crippen LogP contribution in [0.25, 0.3) is 0 Å². The molecule has 9 heteroatoms. The molecular weight excluding hydrogens is 393 g/mol. The molecule has 1 aromatic heterocycles. The molecule has 0 N–H and O–H groups in total. The maximum absolute atomic E-state index is 13.1. The fraction of sp³-hybridized carbons (Fsp3) is 0.333. The van der Waals surface area contributed by atoms with Crippen molar-refractivity contribution in [2.75, 3.05) is 13.2 Å². The van der Waals surface area contributed by atoms with Crippen LogP contribution in [-0.2, 0) is 19.6 Å². The average molecular weight is 411 g/mol. The molecule has 0 unspecified atom stereocenters. The van der Waals surface area contributed by atoms with E-state index in [-0.39, 0.29) is 17.2 Å². The fourth-order valence-corrected chi connectivity index (χ4v) is 5.33. The molecule has 0 radical (unpaired) electrons. The van der Waals surface area contributed by atoms with E-state index in [9.17, 15) is 22.4 Å². The van der Waals surface area contributed by atoms with Crippen molar-refractivity contribution >= 4 is 33.1 Å². The van der Waals surface area contributed by atoms with Crippen LogP contribution in [0.4, 0.5) is 4.39 Å². The van der Waals surface area contributed by atoms with Gasteiger partial charge in [0, 0.05) is 11.4 Å². The third kappa shape index (κ3) is 4.26. The molecule has 144 valence electrons. The molecule has 1 aromatic carbocycles. The number of carbonyl (C=O) groups is 2. The number of esters is 1. The maximum atomic E-state index is 13.1. The number of ether oxygens (including phenoxy) is 1. The van der Waals surface area contributed by atoms with E-state index in [0.29, 0.717) is 17.7 Å². The summed E-state index contributed by atoms with van der Waals surface area (Å²) in [4.78, 5) is 25.8. The first-order valence-electron chi connectivity index (χ1n) is 8.33. The number of carbonyl (C=O) groups excluding carboxylic acids is 2. The Kier molecular flexibility index (Phi) is 5.73. The van der Waals surface area contributed by atoms with E-state index in [0.717, 1.165) is 33.4 Å². The topological polar surface area (TPSA) is 80.8 Å². The van der Waals surface area contributed by atoms with Gasteiger partial charge in [0.05, 0.1) is 9.77 Å². The summed E-state index contributed by atoms with van der Waals surface area (Å²) in [5, 5.41) is 0. The van der Waals surface area contributed by atoms with Gasteiger partial charge < -0.3 is 4.74 Å². The van der Waals surface area contributed by atoms with E-state index in [4.69, 9.17) is 4.74 Å². The number of benzene rings is 1. The van der Waals surface area contributed by atoms with Crippen LogP contribution < -0.4 is 0 Å². The van der Waals surface area contributed by atoms with Crippen molar-refractivity contribution in [1.29, 1.82) is 0 Å². The van der Waals surface area contributed by atoms with Crippen LogP contribution in [0.15, 0.2) is 41.3 Å². The zero-order chi connectivity index (χ0) is 19.6. The molecule has 0 bridgehead atoms. The first-order chi connectivity index (χ1) is 12.8. The first-order valence-corrected chi connectivity index (χ1v) is 10.6. The highest BCUT2D eigenvalue weighted by Crippen LogP contribution is 2.27. The summed E-state index contributed by atoms with van der Waals surface area (Å²) < 4.78 is 44.7. The number of hydrogen-bond donors (Lipinski definition) is 0. The SMILES string of the molecule is Cc1ccc(C(=O)COC(=O)[C@@H]2CCCN2S(=O)(=O)c2ccc(F)cc2)s1. The number of nitrogens with zero attached hydrogens (tertiary/aromatic N) is 1. The maximum Gasteiger partial charge on any atom is 0.324 e. The van der Waals surface area contributed by atoms with Crippen molar-refractivity contribution in [3.8, 4) is 0 Å². The van der Waals surface area contributed by atoms with Crippen LogP contribution >= 0.6 is 11.3 Å². The second-order valence-corrected chi connectivity index (χ2v) is 9.35. The number of sulfonamides is 1. The van der Waals surface area contributed by atoms with E-state index < -0.39 is 34.5 Å². The molecule has 6 nitrogen and oxygen atoms in total. The lowest BCUT2D eigenvalue weighted by Crippen LogP contribution is -2.41. The summed E-state index contributed by atoms with van der Waals surface area (Å²) in [6.07, 6.45) is 0.809. The number of thiophene rings is 1. The van der Waals surface area contributed by atoms with Gasteiger partial charge in [0.25, 0.3) is 0 Å². The Morgan fingerprint density at radius 2 is 1.93 bits per heavy atom. The molecule has 1 fully saturated rings. The minimum atomic E-state index is -3.95. The van der Waals surface area contributed by atoms with Gasteiger partial charge in [-0.25, -0.2) is 12.8 Å². The van der Waals surface area contributed by atoms with E-state index >= 15 is 0 Å². The largest absolute Gasteiger partial charge is 0.456 e. The lowest BCUT2D eigenvalue weighted by molar-refractivity contribution is -0.146. The van der Waals surface area contributed by atoms with Crippen molar-refractivity contribution < 1.29 is 27.1 Å². The highest BCUT2D eigenvalue weighted by Gasteiger charge is 2.40. The summed E-state index contributed by atoms with van der Waals surface area (Å²) in [5.74, 6) is -1.62. The van der Waals surface area contributed by atoms with Crippen LogP contribution in [0.1, 0.15) is 27.4 Å². The molecule has 1 saturated heterocycles. The van der Waals surface area contributed by atoms with Gasteiger partial charge in [-0.2, -0.15) is 4.31 Å². The Morgan fingerprint density at radius 1 is 1.22 bits per heavy atom. The predicted molar refractivity (Wildman–Crippen MR) is 97.7 cm³/mol. The van der Waals surface area contributed by atoms with Crippen LogP contribution in [-0.4, -0.2) is 43.7 Å².